The van der Waals surface area contributed by atoms with Gasteiger partial charge in [-0.15, -0.1) is 0 Å². The van der Waals surface area contributed by atoms with E-state index in [2.05, 4.69) is 19.2 Å². The first-order chi connectivity index (χ1) is 7.77. The highest BCUT2D eigenvalue weighted by Gasteiger charge is 2.22. The van der Waals surface area contributed by atoms with E-state index in [-0.39, 0.29) is 0 Å². The lowest BCUT2D eigenvalue weighted by atomic mass is 9.90. The summed E-state index contributed by atoms with van der Waals surface area (Å²) in [7, 11) is 1.80. The molecule has 3 nitrogen and oxygen atoms in total. The maximum atomic E-state index is 5.46. The Bertz CT molecular complexity index is 169. The van der Waals surface area contributed by atoms with E-state index in [4.69, 9.17) is 9.47 Å². The summed E-state index contributed by atoms with van der Waals surface area (Å²) in [6, 6.07) is 0.494. The van der Waals surface area contributed by atoms with Crippen molar-refractivity contribution in [2.45, 2.75) is 51.7 Å². The van der Waals surface area contributed by atoms with Gasteiger partial charge in [-0.3, -0.25) is 0 Å². The second kappa shape index (κ2) is 8.04. The van der Waals surface area contributed by atoms with Crippen molar-refractivity contribution < 1.29 is 9.47 Å². The minimum Gasteiger partial charge on any atom is -0.381 e. The number of hydrogen-bond donors (Lipinski definition) is 1. The van der Waals surface area contributed by atoms with Crippen molar-refractivity contribution in [2.24, 2.45) is 5.92 Å². The highest BCUT2D eigenvalue weighted by atomic mass is 16.5. The fourth-order valence-electron chi connectivity index (χ4n) is 2.28. The molecular weight excluding hydrogens is 202 g/mol. The normalized spacial score (nSPS) is 21.9. The molecule has 1 heterocycles. The zero-order valence-electron chi connectivity index (χ0n) is 11.0. The van der Waals surface area contributed by atoms with Crippen LogP contribution >= 0.6 is 0 Å². The van der Waals surface area contributed by atoms with Crippen molar-refractivity contribution in [3.05, 3.63) is 0 Å². The number of nitrogens with one attached hydrogen (secondary N) is 1. The van der Waals surface area contributed by atoms with Crippen LogP contribution in [-0.4, -0.2) is 39.0 Å². The van der Waals surface area contributed by atoms with Crippen molar-refractivity contribution in [3.63, 3.8) is 0 Å². The molecule has 1 aliphatic heterocycles. The van der Waals surface area contributed by atoms with E-state index < -0.39 is 0 Å². The van der Waals surface area contributed by atoms with E-state index in [0.717, 1.165) is 25.7 Å². The highest BCUT2D eigenvalue weighted by Crippen LogP contribution is 2.21. The number of methoxy groups -OCH3 is 1. The first-order valence-electron chi connectivity index (χ1n) is 6.61. The van der Waals surface area contributed by atoms with Crippen LogP contribution in [0.3, 0.4) is 0 Å². The van der Waals surface area contributed by atoms with Gasteiger partial charge in [-0.05, 0) is 45.1 Å². The van der Waals surface area contributed by atoms with E-state index in [1.54, 1.807) is 7.11 Å². The molecule has 1 rings (SSSR count). The van der Waals surface area contributed by atoms with Gasteiger partial charge in [0, 0.05) is 26.4 Å². The predicted octanol–water partition coefficient (Wildman–Crippen LogP) is 2.21. The highest BCUT2D eigenvalue weighted by molar-refractivity contribution is 4.78. The smallest absolute Gasteiger partial charge is 0.0696 e. The van der Waals surface area contributed by atoms with Gasteiger partial charge >= 0.3 is 0 Å². The summed E-state index contributed by atoms with van der Waals surface area (Å²) in [6.45, 7) is 7.32. The Morgan fingerprint density at radius 1 is 1.38 bits per heavy atom. The molecule has 0 aromatic heterocycles. The average Bonchev–Trinajstić information content (AvgIpc) is 2.34. The molecule has 1 saturated heterocycles. The summed E-state index contributed by atoms with van der Waals surface area (Å²) >= 11 is 0. The van der Waals surface area contributed by atoms with Crippen LogP contribution in [0.2, 0.25) is 0 Å². The summed E-state index contributed by atoms with van der Waals surface area (Å²) < 4.78 is 10.9. The van der Waals surface area contributed by atoms with Crippen LogP contribution in [0.25, 0.3) is 0 Å². The zero-order chi connectivity index (χ0) is 11.8. The van der Waals surface area contributed by atoms with Crippen molar-refractivity contribution in [2.75, 3.05) is 26.9 Å². The van der Waals surface area contributed by atoms with Gasteiger partial charge in [-0.2, -0.15) is 0 Å². The molecule has 0 saturated carbocycles. The van der Waals surface area contributed by atoms with Crippen LogP contribution in [0, 0.1) is 5.92 Å². The first kappa shape index (κ1) is 13.9. The van der Waals surface area contributed by atoms with Gasteiger partial charge in [-0.25, -0.2) is 0 Å². The van der Waals surface area contributed by atoms with E-state index in [9.17, 15) is 0 Å². The molecule has 2 unspecified atom stereocenters. The van der Waals surface area contributed by atoms with Crippen molar-refractivity contribution in [3.8, 4) is 0 Å². The summed E-state index contributed by atoms with van der Waals surface area (Å²) in [5.74, 6) is 0.806. The minimum absolute atomic E-state index is 0.300. The summed E-state index contributed by atoms with van der Waals surface area (Å²) in [6.07, 6.45) is 5.12. The summed E-state index contributed by atoms with van der Waals surface area (Å²) in [5.41, 5.74) is 0. The van der Waals surface area contributed by atoms with Gasteiger partial charge in [0.25, 0.3) is 0 Å². The largest absolute Gasteiger partial charge is 0.381 e. The Morgan fingerprint density at radius 2 is 2.06 bits per heavy atom. The van der Waals surface area contributed by atoms with Crippen LogP contribution in [0.5, 0.6) is 0 Å². The molecule has 0 spiro atoms. The lowest BCUT2D eigenvalue weighted by Gasteiger charge is -2.30. The molecule has 3 heteroatoms. The molecular formula is C13H27NO2. The maximum Gasteiger partial charge on any atom is 0.0696 e. The molecule has 96 valence electrons. The first-order valence-corrected chi connectivity index (χ1v) is 6.61. The Labute approximate surface area is 99.9 Å². The quantitative estimate of drug-likeness (QED) is 0.726. The fourth-order valence-corrected chi connectivity index (χ4v) is 2.28. The van der Waals surface area contributed by atoms with Gasteiger partial charge in [0.2, 0.25) is 0 Å². The third-order valence-corrected chi connectivity index (χ3v) is 3.52. The van der Waals surface area contributed by atoms with Crippen molar-refractivity contribution >= 4 is 0 Å². The topological polar surface area (TPSA) is 30.5 Å². The Hall–Kier alpha value is -0.120. The Balaban J connectivity index is 2.34. The van der Waals surface area contributed by atoms with Gasteiger partial charge in [0.05, 0.1) is 6.10 Å². The van der Waals surface area contributed by atoms with E-state index in [1.807, 2.05) is 0 Å². The van der Waals surface area contributed by atoms with E-state index >= 15 is 0 Å². The SMILES string of the molecule is CCCNC(CC1CCOCC1)C(C)OC. The van der Waals surface area contributed by atoms with Crippen LogP contribution in [0.4, 0.5) is 0 Å². The number of ether oxygens (including phenoxy) is 2. The molecule has 0 aliphatic carbocycles. The minimum atomic E-state index is 0.300. The second-order valence-corrected chi connectivity index (χ2v) is 4.79. The third kappa shape index (κ3) is 4.81. The molecule has 1 fully saturated rings. The predicted molar refractivity (Wildman–Crippen MR) is 66.7 cm³/mol. The zero-order valence-corrected chi connectivity index (χ0v) is 11.0. The monoisotopic (exact) mass is 229 g/mol. The lowest BCUT2D eigenvalue weighted by molar-refractivity contribution is 0.0389. The van der Waals surface area contributed by atoms with Gasteiger partial charge in [-0.1, -0.05) is 6.92 Å². The third-order valence-electron chi connectivity index (χ3n) is 3.52. The lowest BCUT2D eigenvalue weighted by Crippen LogP contribution is -2.41. The van der Waals surface area contributed by atoms with Crippen LogP contribution in [0.1, 0.15) is 39.5 Å². The molecule has 0 amide bonds. The molecule has 0 aromatic carbocycles. The molecule has 2 atom stereocenters. The molecule has 1 aliphatic rings. The Kier molecular flexibility index (Phi) is 7.01. The van der Waals surface area contributed by atoms with E-state index in [1.165, 1.54) is 25.7 Å². The van der Waals surface area contributed by atoms with Gasteiger partial charge < -0.3 is 14.8 Å². The fraction of sp³-hybridized carbons (Fsp3) is 1.00. The molecule has 0 aromatic rings. The number of rotatable bonds is 7. The van der Waals surface area contributed by atoms with Crippen LogP contribution < -0.4 is 5.32 Å². The molecule has 0 radical (unpaired) electrons. The maximum absolute atomic E-state index is 5.46. The average molecular weight is 229 g/mol. The van der Waals surface area contributed by atoms with Crippen molar-refractivity contribution in [1.82, 2.24) is 5.32 Å². The van der Waals surface area contributed by atoms with Crippen LogP contribution in [0.15, 0.2) is 0 Å². The molecule has 1 N–H and O–H groups in total. The van der Waals surface area contributed by atoms with Gasteiger partial charge in [0.15, 0.2) is 0 Å². The summed E-state index contributed by atoms with van der Waals surface area (Å²) in [5, 5.41) is 3.60. The second-order valence-electron chi connectivity index (χ2n) is 4.79. The number of hydrogen-bond acceptors (Lipinski definition) is 3. The summed E-state index contributed by atoms with van der Waals surface area (Å²) in [4.78, 5) is 0. The molecule has 16 heavy (non-hydrogen) atoms. The van der Waals surface area contributed by atoms with Gasteiger partial charge in [0.1, 0.15) is 0 Å². The Morgan fingerprint density at radius 3 is 2.62 bits per heavy atom. The standard InChI is InChI=1S/C13H27NO2/c1-4-7-14-13(11(2)15-3)10-12-5-8-16-9-6-12/h11-14H,4-10H2,1-3H3. The van der Waals surface area contributed by atoms with Crippen LogP contribution in [-0.2, 0) is 9.47 Å². The van der Waals surface area contributed by atoms with E-state index in [0.29, 0.717) is 12.1 Å². The van der Waals surface area contributed by atoms with Crippen molar-refractivity contribution in [1.29, 1.82) is 0 Å². The molecule has 0 bridgehead atoms.